The van der Waals surface area contributed by atoms with Crippen LogP contribution < -0.4 is 15.2 Å². The number of carbonyl (C=O) groups is 1. The highest BCUT2D eigenvalue weighted by molar-refractivity contribution is 5.74. The standard InChI is InChI=1S/C18H24F2N2O3/c1-11(23)22-9-14(6-15(22)8-21)13-4-5-16(25-18(19)20)17(7-13)24-10-12-2-3-12/h4-5,7,12,14-15,18H,2-3,6,8-10,21H2,1H3/t14-,15+/m0/s1. The fraction of sp³-hybridized carbons (Fsp3) is 0.611. The van der Waals surface area contributed by atoms with E-state index in [4.69, 9.17) is 10.5 Å². The van der Waals surface area contributed by atoms with Crippen molar-refractivity contribution in [2.24, 2.45) is 11.7 Å². The molecule has 2 atom stereocenters. The molecule has 0 spiro atoms. The van der Waals surface area contributed by atoms with Crippen LogP contribution in [0.3, 0.4) is 0 Å². The van der Waals surface area contributed by atoms with Crippen LogP contribution in [0.4, 0.5) is 8.78 Å². The molecule has 0 bridgehead atoms. The molecule has 1 aromatic carbocycles. The molecule has 0 aromatic heterocycles. The van der Waals surface area contributed by atoms with Gasteiger partial charge in [-0.3, -0.25) is 4.79 Å². The highest BCUT2D eigenvalue weighted by Gasteiger charge is 2.34. The van der Waals surface area contributed by atoms with Gasteiger partial charge in [0.25, 0.3) is 0 Å². The van der Waals surface area contributed by atoms with E-state index in [0.717, 1.165) is 24.8 Å². The molecule has 1 amide bonds. The molecule has 1 aliphatic carbocycles. The Labute approximate surface area is 146 Å². The minimum absolute atomic E-state index is 0.000751. The van der Waals surface area contributed by atoms with Crippen molar-refractivity contribution in [3.05, 3.63) is 23.8 Å². The average molecular weight is 354 g/mol. The van der Waals surface area contributed by atoms with E-state index in [0.29, 0.717) is 31.4 Å². The van der Waals surface area contributed by atoms with Gasteiger partial charge in [-0.15, -0.1) is 0 Å². The lowest BCUT2D eigenvalue weighted by Crippen LogP contribution is -2.38. The van der Waals surface area contributed by atoms with Gasteiger partial charge in [0.2, 0.25) is 5.91 Å². The summed E-state index contributed by atoms with van der Waals surface area (Å²) in [6, 6.07) is 5.07. The van der Waals surface area contributed by atoms with E-state index in [-0.39, 0.29) is 23.6 Å². The Kier molecular flexibility index (Phi) is 5.42. The highest BCUT2D eigenvalue weighted by Crippen LogP contribution is 2.38. The summed E-state index contributed by atoms with van der Waals surface area (Å²) in [6.45, 7) is 0.144. The minimum Gasteiger partial charge on any atom is -0.489 e. The van der Waals surface area contributed by atoms with E-state index in [9.17, 15) is 13.6 Å². The van der Waals surface area contributed by atoms with E-state index in [1.54, 1.807) is 17.0 Å². The number of hydrogen-bond donors (Lipinski definition) is 1. The summed E-state index contributed by atoms with van der Waals surface area (Å²) in [5.74, 6) is 1.01. The second-order valence-corrected chi connectivity index (χ2v) is 6.83. The fourth-order valence-corrected chi connectivity index (χ4v) is 3.34. The number of halogens is 2. The van der Waals surface area contributed by atoms with E-state index >= 15 is 0 Å². The average Bonchev–Trinajstić information content (AvgIpc) is 3.29. The number of hydrogen-bond acceptors (Lipinski definition) is 4. The molecule has 1 saturated heterocycles. The second-order valence-electron chi connectivity index (χ2n) is 6.83. The summed E-state index contributed by atoms with van der Waals surface area (Å²) >= 11 is 0. The molecule has 2 aliphatic rings. The summed E-state index contributed by atoms with van der Waals surface area (Å²) in [5, 5.41) is 0. The smallest absolute Gasteiger partial charge is 0.387 e. The first-order valence-electron chi connectivity index (χ1n) is 8.66. The lowest BCUT2D eigenvalue weighted by atomic mass is 9.96. The molecule has 1 heterocycles. The van der Waals surface area contributed by atoms with Crippen LogP contribution in [0.5, 0.6) is 11.5 Å². The van der Waals surface area contributed by atoms with Crippen LogP contribution in [0.1, 0.15) is 37.7 Å². The molecular formula is C18H24F2N2O3. The van der Waals surface area contributed by atoms with Crippen molar-refractivity contribution in [3.8, 4) is 11.5 Å². The molecule has 1 saturated carbocycles. The zero-order valence-electron chi connectivity index (χ0n) is 14.3. The third kappa shape index (κ3) is 4.39. The molecule has 7 heteroatoms. The first kappa shape index (κ1) is 17.9. The van der Waals surface area contributed by atoms with Crippen molar-refractivity contribution in [2.45, 2.75) is 44.8 Å². The Hall–Kier alpha value is -1.89. The van der Waals surface area contributed by atoms with Crippen molar-refractivity contribution in [2.75, 3.05) is 19.7 Å². The second kappa shape index (κ2) is 7.56. The Balaban J connectivity index is 1.78. The van der Waals surface area contributed by atoms with E-state index in [1.807, 2.05) is 0 Å². The van der Waals surface area contributed by atoms with Crippen LogP contribution in [-0.2, 0) is 4.79 Å². The topological polar surface area (TPSA) is 64.8 Å². The number of nitrogens with zero attached hydrogens (tertiary/aromatic N) is 1. The van der Waals surface area contributed by atoms with Gasteiger partial charge in [0.1, 0.15) is 0 Å². The van der Waals surface area contributed by atoms with Crippen LogP contribution in [0, 0.1) is 5.92 Å². The van der Waals surface area contributed by atoms with Gasteiger partial charge in [-0.05, 0) is 42.9 Å². The largest absolute Gasteiger partial charge is 0.489 e. The Morgan fingerprint density at radius 1 is 1.36 bits per heavy atom. The first-order chi connectivity index (χ1) is 12.0. The van der Waals surface area contributed by atoms with Gasteiger partial charge in [0, 0.05) is 32.0 Å². The molecule has 0 unspecified atom stereocenters. The van der Waals surface area contributed by atoms with Gasteiger partial charge in [-0.25, -0.2) is 0 Å². The first-order valence-corrected chi connectivity index (χ1v) is 8.66. The molecule has 1 aromatic rings. The number of rotatable bonds is 7. The summed E-state index contributed by atoms with van der Waals surface area (Å²) in [6.07, 6.45) is 2.98. The number of amides is 1. The number of likely N-dealkylation sites (tertiary alicyclic amines) is 1. The van der Waals surface area contributed by atoms with Crippen molar-refractivity contribution in [1.29, 1.82) is 0 Å². The highest BCUT2D eigenvalue weighted by atomic mass is 19.3. The van der Waals surface area contributed by atoms with Crippen LogP contribution in [0.15, 0.2) is 18.2 Å². The Morgan fingerprint density at radius 3 is 2.68 bits per heavy atom. The molecule has 25 heavy (non-hydrogen) atoms. The lowest BCUT2D eigenvalue weighted by Gasteiger charge is -2.21. The predicted octanol–water partition coefficient (Wildman–Crippen LogP) is 2.74. The number of nitrogens with two attached hydrogens (primary N) is 1. The fourth-order valence-electron chi connectivity index (χ4n) is 3.34. The zero-order valence-corrected chi connectivity index (χ0v) is 14.3. The molecule has 3 rings (SSSR count). The molecule has 2 N–H and O–H groups in total. The number of carbonyl (C=O) groups excluding carboxylic acids is 1. The van der Waals surface area contributed by atoms with E-state index < -0.39 is 6.61 Å². The maximum atomic E-state index is 12.6. The lowest BCUT2D eigenvalue weighted by molar-refractivity contribution is -0.129. The maximum Gasteiger partial charge on any atom is 0.387 e. The zero-order chi connectivity index (χ0) is 18.0. The Bertz CT molecular complexity index is 622. The minimum atomic E-state index is -2.89. The summed E-state index contributed by atoms with van der Waals surface area (Å²) < 4.78 is 35.5. The third-order valence-corrected chi connectivity index (χ3v) is 4.92. The third-order valence-electron chi connectivity index (χ3n) is 4.92. The van der Waals surface area contributed by atoms with E-state index in [1.165, 1.54) is 13.0 Å². The molecule has 138 valence electrons. The van der Waals surface area contributed by atoms with Crippen molar-refractivity contribution in [3.63, 3.8) is 0 Å². The van der Waals surface area contributed by atoms with Gasteiger partial charge < -0.3 is 20.1 Å². The molecular weight excluding hydrogens is 330 g/mol. The Morgan fingerprint density at radius 2 is 2.12 bits per heavy atom. The van der Waals surface area contributed by atoms with Gasteiger partial charge in [-0.1, -0.05) is 6.07 Å². The monoisotopic (exact) mass is 354 g/mol. The molecule has 0 radical (unpaired) electrons. The van der Waals surface area contributed by atoms with Crippen LogP contribution in [-0.4, -0.2) is 43.2 Å². The molecule has 5 nitrogen and oxygen atoms in total. The van der Waals surface area contributed by atoms with Crippen LogP contribution >= 0.6 is 0 Å². The van der Waals surface area contributed by atoms with Gasteiger partial charge in [0.05, 0.1) is 6.61 Å². The van der Waals surface area contributed by atoms with E-state index in [2.05, 4.69) is 4.74 Å². The van der Waals surface area contributed by atoms with Crippen molar-refractivity contribution in [1.82, 2.24) is 4.90 Å². The van der Waals surface area contributed by atoms with Crippen LogP contribution in [0.25, 0.3) is 0 Å². The predicted molar refractivity (Wildman–Crippen MR) is 88.9 cm³/mol. The van der Waals surface area contributed by atoms with Crippen molar-refractivity contribution >= 4 is 5.91 Å². The summed E-state index contributed by atoms with van der Waals surface area (Å²) in [4.78, 5) is 13.5. The van der Waals surface area contributed by atoms with Gasteiger partial charge in [-0.2, -0.15) is 8.78 Å². The summed E-state index contributed by atoms with van der Waals surface area (Å²) in [7, 11) is 0. The SMILES string of the molecule is CC(=O)N1C[C@@H](c2ccc(OC(F)F)c(OCC3CC3)c2)C[C@@H]1CN. The molecule has 2 fully saturated rings. The number of ether oxygens (including phenoxy) is 2. The number of alkyl halides is 2. The normalized spacial score (nSPS) is 23.2. The molecule has 1 aliphatic heterocycles. The van der Waals surface area contributed by atoms with Gasteiger partial charge in [0.15, 0.2) is 11.5 Å². The van der Waals surface area contributed by atoms with Gasteiger partial charge >= 0.3 is 6.61 Å². The number of benzene rings is 1. The summed E-state index contributed by atoms with van der Waals surface area (Å²) in [5.41, 5.74) is 6.73. The van der Waals surface area contributed by atoms with Crippen molar-refractivity contribution < 1.29 is 23.0 Å². The quantitative estimate of drug-likeness (QED) is 0.818. The van der Waals surface area contributed by atoms with Crippen LogP contribution in [0.2, 0.25) is 0 Å². The maximum absolute atomic E-state index is 12.6.